The summed E-state index contributed by atoms with van der Waals surface area (Å²) in [5.41, 5.74) is 1.67. The highest BCUT2D eigenvalue weighted by Gasteiger charge is 2.34. The maximum absolute atomic E-state index is 12.3. The van der Waals surface area contributed by atoms with Gasteiger partial charge in [-0.25, -0.2) is 4.79 Å². The Labute approximate surface area is 148 Å². The predicted octanol–water partition coefficient (Wildman–Crippen LogP) is 3.40. The molecular formula is C18H14N2O4S. The van der Waals surface area contributed by atoms with Crippen molar-refractivity contribution in [3.8, 4) is 5.69 Å². The molecule has 1 aliphatic heterocycles. The summed E-state index contributed by atoms with van der Waals surface area (Å²) in [5.74, 6) is -1.33. The van der Waals surface area contributed by atoms with Crippen molar-refractivity contribution in [3.05, 3.63) is 71.4 Å². The number of imide groups is 1. The fourth-order valence-electron chi connectivity index (χ4n) is 2.43. The topological polar surface area (TPSA) is 79.6 Å². The van der Waals surface area contributed by atoms with Crippen molar-refractivity contribution in [1.82, 2.24) is 9.47 Å². The van der Waals surface area contributed by atoms with Crippen molar-refractivity contribution in [1.29, 1.82) is 0 Å². The molecule has 2 heterocycles. The van der Waals surface area contributed by atoms with Crippen LogP contribution >= 0.6 is 11.8 Å². The smallest absolute Gasteiger partial charge is 0.335 e. The number of hydrogen-bond acceptors (Lipinski definition) is 4. The van der Waals surface area contributed by atoms with Crippen LogP contribution < -0.4 is 0 Å². The summed E-state index contributed by atoms with van der Waals surface area (Å²) < 4.78 is 1.81. The van der Waals surface area contributed by atoms with Gasteiger partial charge in [-0.3, -0.25) is 14.5 Å². The first-order valence-electron chi connectivity index (χ1n) is 7.38. The summed E-state index contributed by atoms with van der Waals surface area (Å²) in [5, 5.41) is 8.65. The molecule has 0 atom stereocenters. The van der Waals surface area contributed by atoms with Gasteiger partial charge < -0.3 is 9.67 Å². The monoisotopic (exact) mass is 354 g/mol. The third-order valence-electron chi connectivity index (χ3n) is 3.64. The summed E-state index contributed by atoms with van der Waals surface area (Å²) >= 11 is 0.890. The van der Waals surface area contributed by atoms with E-state index in [0.717, 1.165) is 22.3 Å². The van der Waals surface area contributed by atoms with Crippen LogP contribution in [0.2, 0.25) is 0 Å². The van der Waals surface area contributed by atoms with E-state index in [0.29, 0.717) is 10.6 Å². The van der Waals surface area contributed by atoms with E-state index in [1.54, 1.807) is 24.4 Å². The Balaban J connectivity index is 1.92. The number of thioether (sulfide) groups is 1. The Morgan fingerprint density at radius 3 is 2.56 bits per heavy atom. The number of carbonyl (C=O) groups is 3. The third-order valence-corrected chi connectivity index (χ3v) is 4.54. The number of aromatic nitrogens is 1. The average Bonchev–Trinajstić information content (AvgIpc) is 3.16. The van der Waals surface area contributed by atoms with Gasteiger partial charge in [-0.15, -0.1) is 6.58 Å². The maximum atomic E-state index is 12.3. The molecule has 1 aliphatic rings. The van der Waals surface area contributed by atoms with Crippen molar-refractivity contribution >= 4 is 35.0 Å². The van der Waals surface area contributed by atoms with E-state index >= 15 is 0 Å². The minimum atomic E-state index is -0.991. The Hall–Kier alpha value is -3.06. The van der Waals surface area contributed by atoms with Gasteiger partial charge in [0.25, 0.3) is 11.1 Å². The zero-order chi connectivity index (χ0) is 18.0. The lowest BCUT2D eigenvalue weighted by Crippen LogP contribution is -2.27. The first-order chi connectivity index (χ1) is 12.0. The average molecular weight is 354 g/mol. The highest BCUT2D eigenvalue weighted by Crippen LogP contribution is 2.32. The van der Waals surface area contributed by atoms with Crippen molar-refractivity contribution in [3.63, 3.8) is 0 Å². The number of carboxylic acid groups (broad SMARTS) is 1. The molecule has 1 aromatic carbocycles. The van der Waals surface area contributed by atoms with Gasteiger partial charge in [0.1, 0.15) is 0 Å². The van der Waals surface area contributed by atoms with Crippen molar-refractivity contribution in [2.24, 2.45) is 0 Å². The zero-order valence-corrected chi connectivity index (χ0v) is 13.9. The summed E-state index contributed by atoms with van der Waals surface area (Å²) in [6.07, 6.45) is 4.96. The van der Waals surface area contributed by atoms with E-state index in [4.69, 9.17) is 5.11 Å². The highest BCUT2D eigenvalue weighted by molar-refractivity contribution is 8.18. The number of aromatic carboxylic acids is 1. The first-order valence-corrected chi connectivity index (χ1v) is 8.20. The molecule has 126 valence electrons. The second-order valence-corrected chi connectivity index (χ2v) is 6.23. The standard InChI is InChI=1S/C18H14N2O4S/c1-2-9-20-16(21)15(25-18(20)24)11-14-4-3-10-19(14)13-7-5-12(6-8-13)17(22)23/h2-8,10-11H,1,9H2,(H,22,23). The number of amides is 2. The molecule has 3 rings (SSSR count). The van der Waals surface area contributed by atoms with Crippen LogP contribution in [0.1, 0.15) is 16.1 Å². The SMILES string of the molecule is C=CCN1C(=O)SC(=Cc2cccn2-c2ccc(C(=O)O)cc2)C1=O. The van der Waals surface area contributed by atoms with E-state index in [-0.39, 0.29) is 23.3 Å². The van der Waals surface area contributed by atoms with Gasteiger partial charge in [0.05, 0.1) is 10.5 Å². The van der Waals surface area contributed by atoms with E-state index in [2.05, 4.69) is 6.58 Å². The first kappa shape index (κ1) is 16.8. The minimum Gasteiger partial charge on any atom is -0.478 e. The lowest BCUT2D eigenvalue weighted by molar-refractivity contribution is -0.122. The van der Waals surface area contributed by atoms with Gasteiger partial charge in [-0.2, -0.15) is 0 Å². The Kier molecular flexibility index (Phi) is 4.58. The largest absolute Gasteiger partial charge is 0.478 e. The van der Waals surface area contributed by atoms with Crippen molar-refractivity contribution in [2.75, 3.05) is 6.54 Å². The molecule has 2 amide bonds. The van der Waals surface area contributed by atoms with E-state index in [1.807, 2.05) is 16.7 Å². The molecule has 1 fully saturated rings. The molecule has 0 spiro atoms. The lowest BCUT2D eigenvalue weighted by Gasteiger charge is -2.09. The van der Waals surface area contributed by atoms with Crippen LogP contribution in [-0.4, -0.2) is 38.2 Å². The van der Waals surface area contributed by atoms with Gasteiger partial charge in [0.2, 0.25) is 0 Å². The molecule has 25 heavy (non-hydrogen) atoms. The van der Waals surface area contributed by atoms with Crippen molar-refractivity contribution < 1.29 is 19.5 Å². The number of carbonyl (C=O) groups excluding carboxylic acids is 2. The van der Waals surface area contributed by atoms with Crippen LogP contribution in [0.4, 0.5) is 4.79 Å². The van der Waals surface area contributed by atoms with E-state index in [9.17, 15) is 14.4 Å². The third kappa shape index (κ3) is 3.27. The summed E-state index contributed by atoms with van der Waals surface area (Å²) in [4.78, 5) is 36.6. The summed E-state index contributed by atoms with van der Waals surface area (Å²) in [7, 11) is 0. The molecule has 0 radical (unpaired) electrons. The Morgan fingerprint density at radius 1 is 1.20 bits per heavy atom. The predicted molar refractivity (Wildman–Crippen MR) is 95.6 cm³/mol. The quantitative estimate of drug-likeness (QED) is 0.657. The number of hydrogen-bond donors (Lipinski definition) is 1. The number of nitrogens with zero attached hydrogens (tertiary/aromatic N) is 2. The Morgan fingerprint density at radius 2 is 1.92 bits per heavy atom. The van der Waals surface area contributed by atoms with Gasteiger partial charge in [0.15, 0.2) is 0 Å². The summed E-state index contributed by atoms with van der Waals surface area (Å²) in [6, 6.07) is 10.0. The second kappa shape index (κ2) is 6.82. The number of benzene rings is 1. The van der Waals surface area contributed by atoms with Crippen LogP contribution in [0.5, 0.6) is 0 Å². The number of rotatable bonds is 5. The molecule has 2 aromatic rings. The Bertz CT molecular complexity index is 896. The summed E-state index contributed by atoms with van der Waals surface area (Å²) in [6.45, 7) is 3.73. The van der Waals surface area contributed by atoms with E-state index in [1.165, 1.54) is 18.2 Å². The van der Waals surface area contributed by atoms with Gasteiger partial charge in [-0.1, -0.05) is 6.08 Å². The molecule has 0 saturated carbocycles. The van der Waals surface area contributed by atoms with Crippen LogP contribution in [0, 0.1) is 0 Å². The highest BCUT2D eigenvalue weighted by atomic mass is 32.2. The normalized spacial score (nSPS) is 15.8. The van der Waals surface area contributed by atoms with Crippen LogP contribution in [0.25, 0.3) is 11.8 Å². The maximum Gasteiger partial charge on any atom is 0.335 e. The molecule has 6 nitrogen and oxygen atoms in total. The van der Waals surface area contributed by atoms with E-state index < -0.39 is 5.97 Å². The zero-order valence-electron chi connectivity index (χ0n) is 13.1. The van der Waals surface area contributed by atoms with Crippen molar-refractivity contribution in [2.45, 2.75) is 0 Å². The molecule has 0 unspecified atom stereocenters. The molecule has 1 aromatic heterocycles. The molecule has 1 N–H and O–H groups in total. The molecule has 1 saturated heterocycles. The fraction of sp³-hybridized carbons (Fsp3) is 0.0556. The fourth-order valence-corrected chi connectivity index (χ4v) is 3.27. The van der Waals surface area contributed by atoms with Gasteiger partial charge in [-0.05, 0) is 54.2 Å². The van der Waals surface area contributed by atoms with Crippen LogP contribution in [0.15, 0.2) is 60.2 Å². The van der Waals surface area contributed by atoms with Crippen LogP contribution in [0.3, 0.4) is 0 Å². The molecule has 0 aliphatic carbocycles. The molecule has 0 bridgehead atoms. The minimum absolute atomic E-state index is 0.180. The van der Waals surface area contributed by atoms with Gasteiger partial charge >= 0.3 is 5.97 Å². The number of carboxylic acids is 1. The van der Waals surface area contributed by atoms with Gasteiger partial charge in [0, 0.05) is 24.1 Å². The molecular weight excluding hydrogens is 340 g/mol. The molecule has 7 heteroatoms. The van der Waals surface area contributed by atoms with Crippen LogP contribution in [-0.2, 0) is 4.79 Å². The second-order valence-electron chi connectivity index (χ2n) is 5.24. The lowest BCUT2D eigenvalue weighted by atomic mass is 10.2.